The molecule has 0 aliphatic heterocycles. The van der Waals surface area contributed by atoms with Crippen LogP contribution in [-0.2, 0) is 0 Å². The lowest BCUT2D eigenvalue weighted by Crippen LogP contribution is -2.12. The number of hydrogen-bond donors (Lipinski definition) is 0. The van der Waals surface area contributed by atoms with Crippen LogP contribution in [0.25, 0.3) is 109 Å². The molecule has 0 unspecified atom stereocenters. The van der Waals surface area contributed by atoms with Crippen LogP contribution in [-0.4, -0.2) is 0 Å². The van der Waals surface area contributed by atoms with Gasteiger partial charge < -0.3 is 4.90 Å². The molecular weight excluding hydrogens is 807 g/mol. The number of anilines is 3. The molecule has 0 aliphatic carbocycles. The Morgan fingerprint density at radius 1 is 0.209 bits per heavy atom. The summed E-state index contributed by atoms with van der Waals surface area (Å²) in [5.41, 5.74) is 13.0. The van der Waals surface area contributed by atoms with E-state index in [2.05, 4.69) is 266 Å². The first kappa shape index (κ1) is 38.7. The smallest absolute Gasteiger partial charge is 0.0546 e. The van der Waals surface area contributed by atoms with Crippen molar-refractivity contribution in [1.82, 2.24) is 0 Å². The first-order valence-electron chi connectivity index (χ1n) is 23.2. The SMILES string of the molecule is c1ccc(-c2c(-c3ccccc3)c3cc(-c4ccccc4N(c4ccc(-c5cc6ccccc6c6ccccc56)cc4)c4cc5ccccc5c5ccccc45)ccc3c3ccccc23)cc1. The van der Waals surface area contributed by atoms with Crippen molar-refractivity contribution in [3.05, 3.63) is 261 Å². The Labute approximate surface area is 390 Å². The van der Waals surface area contributed by atoms with Gasteiger partial charge in [0.1, 0.15) is 0 Å². The molecule has 0 N–H and O–H groups in total. The van der Waals surface area contributed by atoms with E-state index >= 15 is 0 Å². The van der Waals surface area contributed by atoms with Gasteiger partial charge in [0.2, 0.25) is 0 Å². The Bertz CT molecular complexity index is 4020. The number of para-hydroxylation sites is 1. The zero-order chi connectivity index (χ0) is 44.3. The molecule has 13 rings (SSSR count). The molecule has 0 saturated heterocycles. The highest BCUT2D eigenvalue weighted by atomic mass is 15.1. The molecule has 0 atom stereocenters. The number of nitrogens with zero attached hydrogens (tertiary/aromatic N) is 1. The number of fused-ring (bicyclic) bond motifs is 9. The quantitative estimate of drug-likeness (QED) is 0.144. The van der Waals surface area contributed by atoms with Crippen molar-refractivity contribution in [2.75, 3.05) is 4.90 Å². The lowest BCUT2D eigenvalue weighted by Gasteiger charge is -2.30. The topological polar surface area (TPSA) is 3.24 Å². The molecule has 312 valence electrons. The summed E-state index contributed by atoms with van der Waals surface area (Å²) in [5.74, 6) is 0. The van der Waals surface area contributed by atoms with Gasteiger partial charge in [0.05, 0.1) is 11.4 Å². The number of hydrogen-bond acceptors (Lipinski definition) is 1. The van der Waals surface area contributed by atoms with Gasteiger partial charge in [-0.3, -0.25) is 0 Å². The minimum atomic E-state index is 1.09. The molecule has 13 aromatic rings. The average Bonchev–Trinajstić information content (AvgIpc) is 3.41. The van der Waals surface area contributed by atoms with Gasteiger partial charge in [-0.25, -0.2) is 0 Å². The molecular formula is C66H43N. The lowest BCUT2D eigenvalue weighted by molar-refractivity contribution is 1.30. The highest BCUT2D eigenvalue weighted by Crippen LogP contribution is 2.49. The lowest BCUT2D eigenvalue weighted by atomic mass is 9.84. The highest BCUT2D eigenvalue weighted by molar-refractivity contribution is 6.23. The van der Waals surface area contributed by atoms with E-state index in [-0.39, 0.29) is 0 Å². The van der Waals surface area contributed by atoms with E-state index < -0.39 is 0 Å². The van der Waals surface area contributed by atoms with Gasteiger partial charge in [-0.2, -0.15) is 0 Å². The molecule has 1 nitrogen and oxygen atoms in total. The van der Waals surface area contributed by atoms with Gasteiger partial charge in [0, 0.05) is 16.6 Å². The van der Waals surface area contributed by atoms with Gasteiger partial charge >= 0.3 is 0 Å². The van der Waals surface area contributed by atoms with E-state index in [0.29, 0.717) is 0 Å². The normalized spacial score (nSPS) is 11.6. The summed E-state index contributed by atoms with van der Waals surface area (Å²) in [6.45, 7) is 0. The van der Waals surface area contributed by atoms with Crippen molar-refractivity contribution in [2.24, 2.45) is 0 Å². The average molecular weight is 850 g/mol. The first-order chi connectivity index (χ1) is 33.3. The summed E-state index contributed by atoms with van der Waals surface area (Å²) in [6, 6.07) is 96.0. The van der Waals surface area contributed by atoms with Crippen molar-refractivity contribution < 1.29 is 0 Å². The summed E-state index contributed by atoms with van der Waals surface area (Å²) >= 11 is 0. The molecule has 67 heavy (non-hydrogen) atoms. The fourth-order valence-electron chi connectivity index (χ4n) is 10.8. The minimum absolute atomic E-state index is 1.09. The van der Waals surface area contributed by atoms with Crippen LogP contribution >= 0.6 is 0 Å². The van der Waals surface area contributed by atoms with E-state index in [9.17, 15) is 0 Å². The molecule has 13 aromatic carbocycles. The summed E-state index contributed by atoms with van der Waals surface area (Å²) in [4.78, 5) is 2.49. The molecule has 0 spiro atoms. The Balaban J connectivity index is 1.06. The zero-order valence-electron chi connectivity index (χ0n) is 36.8. The third-order valence-electron chi connectivity index (χ3n) is 13.8. The summed E-state index contributed by atoms with van der Waals surface area (Å²) in [5, 5.41) is 14.9. The van der Waals surface area contributed by atoms with E-state index in [1.165, 1.54) is 98.0 Å². The van der Waals surface area contributed by atoms with Crippen LogP contribution in [0.1, 0.15) is 0 Å². The highest BCUT2D eigenvalue weighted by Gasteiger charge is 2.23. The van der Waals surface area contributed by atoms with Crippen LogP contribution in [0.5, 0.6) is 0 Å². The third-order valence-corrected chi connectivity index (χ3v) is 13.8. The first-order valence-corrected chi connectivity index (χ1v) is 23.2. The number of benzene rings is 13. The number of rotatable bonds is 7. The predicted octanol–water partition coefficient (Wildman–Crippen LogP) is 18.7. The van der Waals surface area contributed by atoms with E-state index in [1.807, 2.05) is 0 Å². The van der Waals surface area contributed by atoms with Gasteiger partial charge in [-0.1, -0.05) is 224 Å². The maximum absolute atomic E-state index is 2.49. The molecule has 0 saturated carbocycles. The van der Waals surface area contributed by atoms with Gasteiger partial charge in [0.25, 0.3) is 0 Å². The molecule has 0 fully saturated rings. The molecule has 0 radical (unpaired) electrons. The molecule has 0 aromatic heterocycles. The maximum Gasteiger partial charge on any atom is 0.0546 e. The Morgan fingerprint density at radius 2 is 0.657 bits per heavy atom. The predicted molar refractivity (Wildman–Crippen MR) is 288 cm³/mol. The van der Waals surface area contributed by atoms with Gasteiger partial charge in [-0.05, 0) is 135 Å². The minimum Gasteiger partial charge on any atom is -0.309 e. The molecule has 0 aliphatic rings. The van der Waals surface area contributed by atoms with Crippen LogP contribution in [0.4, 0.5) is 17.1 Å². The van der Waals surface area contributed by atoms with Gasteiger partial charge in [0.15, 0.2) is 0 Å². The van der Waals surface area contributed by atoms with Crippen LogP contribution in [0, 0.1) is 0 Å². The van der Waals surface area contributed by atoms with Crippen molar-refractivity contribution >= 4 is 81.7 Å². The Kier molecular flexibility index (Phi) is 9.25. The molecule has 1 heteroatoms. The van der Waals surface area contributed by atoms with Gasteiger partial charge in [-0.15, -0.1) is 0 Å². The fourth-order valence-corrected chi connectivity index (χ4v) is 10.8. The molecule has 0 amide bonds. The Morgan fingerprint density at radius 3 is 1.31 bits per heavy atom. The summed E-state index contributed by atoms with van der Waals surface area (Å²) in [7, 11) is 0. The van der Waals surface area contributed by atoms with Crippen molar-refractivity contribution in [3.8, 4) is 44.5 Å². The van der Waals surface area contributed by atoms with E-state index in [4.69, 9.17) is 0 Å². The van der Waals surface area contributed by atoms with Crippen LogP contribution in [0.3, 0.4) is 0 Å². The fraction of sp³-hybridized carbons (Fsp3) is 0. The monoisotopic (exact) mass is 849 g/mol. The van der Waals surface area contributed by atoms with Crippen LogP contribution in [0.15, 0.2) is 261 Å². The molecule has 0 heterocycles. The molecule has 0 bridgehead atoms. The second kappa shape index (κ2) is 16.0. The second-order valence-electron chi connectivity index (χ2n) is 17.5. The van der Waals surface area contributed by atoms with Crippen molar-refractivity contribution in [1.29, 1.82) is 0 Å². The van der Waals surface area contributed by atoms with E-state index in [1.54, 1.807) is 0 Å². The third kappa shape index (κ3) is 6.47. The maximum atomic E-state index is 2.49. The summed E-state index contributed by atoms with van der Waals surface area (Å²) < 4.78 is 0. The van der Waals surface area contributed by atoms with Crippen molar-refractivity contribution in [3.63, 3.8) is 0 Å². The summed E-state index contributed by atoms with van der Waals surface area (Å²) in [6.07, 6.45) is 0. The van der Waals surface area contributed by atoms with Crippen molar-refractivity contribution in [2.45, 2.75) is 0 Å². The zero-order valence-corrected chi connectivity index (χ0v) is 36.8. The standard InChI is InChI=1S/C66H43N/c1-3-19-45(20-4-1)65-60-33-16-14-30-56(60)58-40-37-49(42-62(58)66(65)46-21-5-2-6-22-46)53-27-17-18-34-63(53)67(64-43-48-24-8-10-26-52(48)55-29-13-15-32-59(55)64)50-38-35-44(36-39-50)61-41-47-23-7-9-25-51(47)54-28-11-12-31-57(54)61/h1-43H. The van der Waals surface area contributed by atoms with E-state index in [0.717, 1.165) is 28.2 Å². The Hall–Kier alpha value is -8.78. The van der Waals surface area contributed by atoms with Crippen LogP contribution < -0.4 is 4.90 Å². The second-order valence-corrected chi connectivity index (χ2v) is 17.5. The largest absolute Gasteiger partial charge is 0.309 e. The van der Waals surface area contributed by atoms with Crippen LogP contribution in [0.2, 0.25) is 0 Å².